The Kier molecular flexibility index (Phi) is 4.03. The summed E-state index contributed by atoms with van der Waals surface area (Å²) < 4.78 is 0. The van der Waals surface area contributed by atoms with Crippen molar-refractivity contribution in [1.29, 1.82) is 0 Å². The van der Waals surface area contributed by atoms with Gasteiger partial charge < -0.3 is 10.0 Å². The third-order valence-corrected chi connectivity index (χ3v) is 4.59. The lowest BCUT2D eigenvalue weighted by atomic mass is 9.75. The standard InChI is InChI=1S/C16H22N2O3/c1-10-7-8-18(9-16(10,3)4)14(19)13-6-5-12(15(20)21)11(2)17-13/h5-6,10H,7-9H2,1-4H3,(H,20,21). The van der Waals surface area contributed by atoms with Gasteiger partial charge >= 0.3 is 5.97 Å². The van der Waals surface area contributed by atoms with Gasteiger partial charge in [0, 0.05) is 13.1 Å². The number of aromatic nitrogens is 1. The maximum atomic E-state index is 12.5. The van der Waals surface area contributed by atoms with Gasteiger partial charge in [-0.05, 0) is 36.8 Å². The number of pyridine rings is 1. The molecule has 21 heavy (non-hydrogen) atoms. The summed E-state index contributed by atoms with van der Waals surface area (Å²) in [6.07, 6.45) is 0.977. The molecule has 1 aromatic heterocycles. The Bertz CT molecular complexity index is 581. The van der Waals surface area contributed by atoms with Gasteiger partial charge in [0.2, 0.25) is 0 Å². The van der Waals surface area contributed by atoms with E-state index in [0.29, 0.717) is 23.9 Å². The zero-order valence-corrected chi connectivity index (χ0v) is 13.0. The van der Waals surface area contributed by atoms with E-state index in [0.717, 1.165) is 13.0 Å². The maximum Gasteiger partial charge on any atom is 0.337 e. The predicted octanol–water partition coefficient (Wildman–Crippen LogP) is 2.60. The number of likely N-dealkylation sites (tertiary alicyclic amines) is 1. The zero-order chi connectivity index (χ0) is 15.8. The van der Waals surface area contributed by atoms with Crippen LogP contribution in [-0.4, -0.2) is 40.0 Å². The lowest BCUT2D eigenvalue weighted by Gasteiger charge is -2.42. The molecule has 0 saturated carbocycles. The SMILES string of the molecule is Cc1nc(C(=O)N2CCC(C)C(C)(C)C2)ccc1C(=O)O. The van der Waals surface area contributed by atoms with Crippen molar-refractivity contribution in [3.05, 3.63) is 29.1 Å². The third kappa shape index (κ3) is 3.06. The first-order valence-corrected chi connectivity index (χ1v) is 7.22. The van der Waals surface area contributed by atoms with Crippen molar-refractivity contribution in [2.75, 3.05) is 13.1 Å². The van der Waals surface area contributed by atoms with Crippen molar-refractivity contribution < 1.29 is 14.7 Å². The normalized spacial score (nSPS) is 21.1. The van der Waals surface area contributed by atoms with Crippen LogP contribution in [0.15, 0.2) is 12.1 Å². The lowest BCUT2D eigenvalue weighted by Crippen LogP contribution is -2.47. The van der Waals surface area contributed by atoms with Crippen molar-refractivity contribution in [3.63, 3.8) is 0 Å². The third-order valence-electron chi connectivity index (χ3n) is 4.59. The molecule has 5 heteroatoms. The molecule has 1 fully saturated rings. The molecule has 1 saturated heterocycles. The molecule has 1 N–H and O–H groups in total. The van der Waals surface area contributed by atoms with E-state index in [4.69, 9.17) is 5.11 Å². The average molecular weight is 290 g/mol. The Morgan fingerprint density at radius 1 is 1.38 bits per heavy atom. The van der Waals surface area contributed by atoms with Crippen LogP contribution in [0, 0.1) is 18.3 Å². The molecule has 1 aromatic rings. The number of aromatic carboxylic acids is 1. The minimum Gasteiger partial charge on any atom is -0.478 e. The number of piperidine rings is 1. The number of carboxylic acids is 1. The summed E-state index contributed by atoms with van der Waals surface area (Å²) in [7, 11) is 0. The molecule has 1 unspecified atom stereocenters. The maximum absolute atomic E-state index is 12.5. The van der Waals surface area contributed by atoms with E-state index in [-0.39, 0.29) is 16.9 Å². The largest absolute Gasteiger partial charge is 0.478 e. The van der Waals surface area contributed by atoms with Gasteiger partial charge in [0.05, 0.1) is 11.3 Å². The van der Waals surface area contributed by atoms with Crippen molar-refractivity contribution in [1.82, 2.24) is 9.88 Å². The van der Waals surface area contributed by atoms with Gasteiger partial charge in [-0.3, -0.25) is 4.79 Å². The first-order valence-electron chi connectivity index (χ1n) is 7.22. The van der Waals surface area contributed by atoms with Gasteiger partial charge in [0.15, 0.2) is 0 Å². The van der Waals surface area contributed by atoms with E-state index in [1.807, 2.05) is 4.90 Å². The topological polar surface area (TPSA) is 70.5 Å². The van der Waals surface area contributed by atoms with Crippen molar-refractivity contribution >= 4 is 11.9 Å². The molecule has 0 bridgehead atoms. The van der Waals surface area contributed by atoms with Gasteiger partial charge in [0.25, 0.3) is 5.91 Å². The molecule has 114 valence electrons. The van der Waals surface area contributed by atoms with E-state index in [1.165, 1.54) is 12.1 Å². The van der Waals surface area contributed by atoms with Gasteiger partial charge in [-0.1, -0.05) is 20.8 Å². The second-order valence-corrected chi connectivity index (χ2v) is 6.54. The van der Waals surface area contributed by atoms with Crippen LogP contribution in [0.3, 0.4) is 0 Å². The Hall–Kier alpha value is -1.91. The molecule has 0 spiro atoms. The number of hydrogen-bond acceptors (Lipinski definition) is 3. The highest BCUT2D eigenvalue weighted by Gasteiger charge is 2.35. The monoisotopic (exact) mass is 290 g/mol. The summed E-state index contributed by atoms with van der Waals surface area (Å²) in [6, 6.07) is 2.96. The van der Waals surface area contributed by atoms with E-state index in [2.05, 4.69) is 25.8 Å². The molecular weight excluding hydrogens is 268 g/mol. The molecule has 0 aromatic carbocycles. The summed E-state index contributed by atoms with van der Waals surface area (Å²) in [4.78, 5) is 29.5. The lowest BCUT2D eigenvalue weighted by molar-refractivity contribution is 0.0422. The first kappa shape index (κ1) is 15.5. The summed E-state index contributed by atoms with van der Waals surface area (Å²) in [5.41, 5.74) is 0.921. The zero-order valence-electron chi connectivity index (χ0n) is 13.0. The van der Waals surface area contributed by atoms with E-state index >= 15 is 0 Å². The summed E-state index contributed by atoms with van der Waals surface area (Å²) >= 11 is 0. The highest BCUT2D eigenvalue weighted by Crippen LogP contribution is 2.34. The fourth-order valence-electron chi connectivity index (χ4n) is 2.71. The Morgan fingerprint density at radius 3 is 2.57 bits per heavy atom. The Labute approximate surface area is 125 Å². The minimum atomic E-state index is -1.02. The van der Waals surface area contributed by atoms with Gasteiger partial charge in [-0.25, -0.2) is 9.78 Å². The van der Waals surface area contributed by atoms with Crippen molar-refractivity contribution in [3.8, 4) is 0 Å². The second kappa shape index (κ2) is 5.47. The molecule has 2 rings (SSSR count). The Balaban J connectivity index is 2.21. The van der Waals surface area contributed by atoms with Gasteiger partial charge in [0.1, 0.15) is 5.69 Å². The first-order chi connectivity index (χ1) is 9.72. The number of rotatable bonds is 2. The van der Waals surface area contributed by atoms with Crippen LogP contribution < -0.4 is 0 Å². The number of hydrogen-bond donors (Lipinski definition) is 1. The van der Waals surface area contributed by atoms with Crippen LogP contribution in [0.5, 0.6) is 0 Å². The number of carbonyl (C=O) groups is 2. The molecule has 0 aliphatic carbocycles. The molecule has 2 heterocycles. The van der Waals surface area contributed by atoms with Crippen LogP contribution in [0.25, 0.3) is 0 Å². The van der Waals surface area contributed by atoms with Crippen LogP contribution in [0.4, 0.5) is 0 Å². The summed E-state index contributed by atoms with van der Waals surface area (Å²) in [5.74, 6) is -0.562. The number of aryl methyl sites for hydroxylation is 1. The number of nitrogens with zero attached hydrogens (tertiary/aromatic N) is 2. The number of carbonyl (C=O) groups excluding carboxylic acids is 1. The highest BCUT2D eigenvalue weighted by atomic mass is 16.4. The molecule has 0 radical (unpaired) electrons. The average Bonchev–Trinajstić information content (AvgIpc) is 2.40. The van der Waals surface area contributed by atoms with Crippen molar-refractivity contribution in [2.24, 2.45) is 11.3 Å². The molecular formula is C16H22N2O3. The molecule has 1 atom stereocenters. The van der Waals surface area contributed by atoms with Crippen molar-refractivity contribution in [2.45, 2.75) is 34.1 Å². The van der Waals surface area contributed by atoms with Crippen LogP contribution >= 0.6 is 0 Å². The van der Waals surface area contributed by atoms with E-state index in [9.17, 15) is 9.59 Å². The number of amides is 1. The second-order valence-electron chi connectivity index (χ2n) is 6.54. The quantitative estimate of drug-likeness (QED) is 0.909. The molecule has 1 aliphatic rings. The highest BCUT2D eigenvalue weighted by molar-refractivity contribution is 5.94. The summed E-state index contributed by atoms with van der Waals surface area (Å²) in [5, 5.41) is 9.01. The van der Waals surface area contributed by atoms with E-state index in [1.54, 1.807) is 6.92 Å². The molecule has 5 nitrogen and oxygen atoms in total. The van der Waals surface area contributed by atoms with Crippen LogP contribution in [0.1, 0.15) is 53.7 Å². The Morgan fingerprint density at radius 2 is 2.05 bits per heavy atom. The van der Waals surface area contributed by atoms with Gasteiger partial charge in [-0.15, -0.1) is 0 Å². The smallest absolute Gasteiger partial charge is 0.337 e. The number of carboxylic acid groups (broad SMARTS) is 1. The molecule has 1 aliphatic heterocycles. The van der Waals surface area contributed by atoms with Crippen LogP contribution in [0.2, 0.25) is 0 Å². The molecule has 1 amide bonds. The fourth-order valence-corrected chi connectivity index (χ4v) is 2.71. The van der Waals surface area contributed by atoms with Crippen LogP contribution in [-0.2, 0) is 0 Å². The van der Waals surface area contributed by atoms with E-state index < -0.39 is 5.97 Å². The predicted molar refractivity (Wildman–Crippen MR) is 79.4 cm³/mol. The summed E-state index contributed by atoms with van der Waals surface area (Å²) in [6.45, 7) is 9.60. The van der Waals surface area contributed by atoms with Gasteiger partial charge in [-0.2, -0.15) is 0 Å². The minimum absolute atomic E-state index is 0.0873. The fraction of sp³-hybridized carbons (Fsp3) is 0.562.